The van der Waals surface area contributed by atoms with Crippen molar-refractivity contribution in [3.05, 3.63) is 66.2 Å². The molecule has 2 amide bonds. The molecule has 8 nitrogen and oxygen atoms in total. The van der Waals surface area contributed by atoms with E-state index < -0.39 is 0 Å². The Balaban J connectivity index is 1.30. The Kier molecular flexibility index (Phi) is 5.83. The fraction of sp³-hybridized carbons (Fsp3) is 0.318. The molecule has 0 fully saturated rings. The number of amides is 2. The molecule has 0 saturated carbocycles. The van der Waals surface area contributed by atoms with Crippen LogP contribution in [-0.4, -0.2) is 52.5 Å². The molecule has 1 aromatic heterocycles. The number of carbonyl (C=O) groups is 1. The van der Waals surface area contributed by atoms with Crippen molar-refractivity contribution in [2.75, 3.05) is 26.8 Å². The summed E-state index contributed by atoms with van der Waals surface area (Å²) in [5, 5.41) is 7.11. The van der Waals surface area contributed by atoms with E-state index in [0.717, 1.165) is 34.7 Å². The third kappa shape index (κ3) is 4.37. The van der Waals surface area contributed by atoms with Crippen molar-refractivity contribution in [2.45, 2.75) is 19.4 Å². The Labute approximate surface area is 175 Å². The summed E-state index contributed by atoms with van der Waals surface area (Å²) >= 11 is 0. The van der Waals surface area contributed by atoms with Gasteiger partial charge in [0.1, 0.15) is 25.9 Å². The lowest BCUT2D eigenvalue weighted by atomic mass is 10.1. The maximum atomic E-state index is 12.6. The summed E-state index contributed by atoms with van der Waals surface area (Å²) in [6, 6.07) is 13.7. The number of hydrogen-bond donors (Lipinski definition) is 1. The van der Waals surface area contributed by atoms with Gasteiger partial charge in [-0.3, -0.25) is 0 Å². The molecular formula is C22H25N5O3. The first kappa shape index (κ1) is 19.8. The minimum atomic E-state index is -0.111. The molecule has 3 aromatic rings. The number of rotatable bonds is 6. The molecule has 1 aliphatic rings. The highest BCUT2D eigenvalue weighted by Crippen LogP contribution is 2.30. The summed E-state index contributed by atoms with van der Waals surface area (Å²) in [5.41, 5.74) is 3.07. The highest BCUT2D eigenvalue weighted by atomic mass is 16.6. The Morgan fingerprint density at radius 3 is 2.67 bits per heavy atom. The first-order valence-corrected chi connectivity index (χ1v) is 9.96. The van der Waals surface area contributed by atoms with Gasteiger partial charge < -0.3 is 19.7 Å². The summed E-state index contributed by atoms with van der Waals surface area (Å²) in [5.74, 6) is 1.54. The third-order valence-corrected chi connectivity index (χ3v) is 5.26. The van der Waals surface area contributed by atoms with Crippen molar-refractivity contribution in [2.24, 2.45) is 0 Å². The van der Waals surface area contributed by atoms with Gasteiger partial charge in [-0.25, -0.2) is 14.5 Å². The molecule has 8 heteroatoms. The number of carbonyl (C=O) groups excluding carboxylic acids is 1. The first-order chi connectivity index (χ1) is 14.6. The minimum Gasteiger partial charge on any atom is -0.486 e. The van der Waals surface area contributed by atoms with Gasteiger partial charge in [0.2, 0.25) is 0 Å². The number of ether oxygens (including phenoxy) is 2. The van der Waals surface area contributed by atoms with Crippen LogP contribution in [0.3, 0.4) is 0 Å². The average Bonchev–Trinajstić information content (AvgIpc) is 3.33. The average molecular weight is 407 g/mol. The summed E-state index contributed by atoms with van der Waals surface area (Å²) in [7, 11) is 1.80. The molecule has 1 N–H and O–H groups in total. The molecule has 0 aliphatic carbocycles. The highest BCUT2D eigenvalue weighted by Gasteiger charge is 2.17. The lowest BCUT2D eigenvalue weighted by molar-refractivity contribution is 0.171. The summed E-state index contributed by atoms with van der Waals surface area (Å²) < 4.78 is 12.8. The van der Waals surface area contributed by atoms with Crippen LogP contribution in [0.15, 0.2) is 55.1 Å². The van der Waals surface area contributed by atoms with Crippen LogP contribution in [0, 0.1) is 0 Å². The molecule has 0 bridgehead atoms. The smallest absolute Gasteiger partial charge is 0.317 e. The standard InChI is InChI=1S/C22H25N5O3/c1-16(18-4-6-19(7-5-18)27-15-23-14-25-27)26(2)22(28)24-10-9-17-3-8-20-21(13-17)30-12-11-29-20/h3-8,13-16H,9-12H2,1-2H3,(H,24,28). The Hall–Kier alpha value is -3.55. The van der Waals surface area contributed by atoms with Crippen LogP contribution < -0.4 is 14.8 Å². The largest absolute Gasteiger partial charge is 0.486 e. The third-order valence-electron chi connectivity index (χ3n) is 5.26. The van der Waals surface area contributed by atoms with Crippen LogP contribution in [0.2, 0.25) is 0 Å². The highest BCUT2D eigenvalue weighted by molar-refractivity contribution is 5.74. The molecule has 1 aliphatic heterocycles. The van der Waals surface area contributed by atoms with E-state index in [2.05, 4.69) is 15.4 Å². The predicted octanol–water partition coefficient (Wildman–Crippen LogP) is 2.98. The van der Waals surface area contributed by atoms with E-state index in [9.17, 15) is 4.79 Å². The molecule has 0 radical (unpaired) electrons. The topological polar surface area (TPSA) is 81.5 Å². The normalized spacial score (nSPS) is 13.5. The zero-order valence-electron chi connectivity index (χ0n) is 17.1. The molecule has 156 valence electrons. The Morgan fingerprint density at radius 2 is 1.93 bits per heavy atom. The zero-order valence-corrected chi connectivity index (χ0v) is 17.1. The summed E-state index contributed by atoms with van der Waals surface area (Å²) in [6.45, 7) is 3.69. The Morgan fingerprint density at radius 1 is 1.17 bits per heavy atom. The zero-order chi connectivity index (χ0) is 20.9. The van der Waals surface area contributed by atoms with Crippen molar-refractivity contribution >= 4 is 6.03 Å². The number of nitrogens with one attached hydrogen (secondary N) is 1. The van der Waals surface area contributed by atoms with Crippen LogP contribution >= 0.6 is 0 Å². The molecule has 0 spiro atoms. The molecular weight excluding hydrogens is 382 g/mol. The lowest BCUT2D eigenvalue weighted by Crippen LogP contribution is -2.39. The van der Waals surface area contributed by atoms with Crippen molar-refractivity contribution in [1.29, 1.82) is 0 Å². The summed E-state index contributed by atoms with van der Waals surface area (Å²) in [4.78, 5) is 18.2. The molecule has 1 atom stereocenters. The molecule has 2 heterocycles. The van der Waals surface area contributed by atoms with Crippen molar-refractivity contribution in [3.8, 4) is 17.2 Å². The van der Waals surface area contributed by atoms with E-state index in [-0.39, 0.29) is 12.1 Å². The van der Waals surface area contributed by atoms with Crippen molar-refractivity contribution in [1.82, 2.24) is 25.0 Å². The molecule has 0 saturated heterocycles. The van der Waals surface area contributed by atoms with E-state index in [1.165, 1.54) is 6.33 Å². The van der Waals surface area contributed by atoms with Crippen LogP contribution in [0.25, 0.3) is 5.69 Å². The lowest BCUT2D eigenvalue weighted by Gasteiger charge is -2.26. The molecule has 30 heavy (non-hydrogen) atoms. The van der Waals surface area contributed by atoms with E-state index >= 15 is 0 Å². The van der Waals surface area contributed by atoms with Crippen LogP contribution in [0.4, 0.5) is 4.79 Å². The van der Waals surface area contributed by atoms with Gasteiger partial charge in [0.25, 0.3) is 0 Å². The van der Waals surface area contributed by atoms with E-state index in [4.69, 9.17) is 9.47 Å². The van der Waals surface area contributed by atoms with Crippen LogP contribution in [0.5, 0.6) is 11.5 Å². The number of benzene rings is 2. The van der Waals surface area contributed by atoms with E-state index in [1.807, 2.05) is 49.4 Å². The van der Waals surface area contributed by atoms with E-state index in [0.29, 0.717) is 19.8 Å². The quantitative estimate of drug-likeness (QED) is 0.679. The monoisotopic (exact) mass is 407 g/mol. The van der Waals surface area contributed by atoms with Gasteiger partial charge in [-0.15, -0.1) is 0 Å². The number of nitrogens with zero attached hydrogens (tertiary/aromatic N) is 4. The fourth-order valence-electron chi connectivity index (χ4n) is 3.33. The first-order valence-electron chi connectivity index (χ1n) is 9.96. The number of hydrogen-bond acceptors (Lipinski definition) is 5. The van der Waals surface area contributed by atoms with Crippen molar-refractivity contribution < 1.29 is 14.3 Å². The van der Waals surface area contributed by atoms with Gasteiger partial charge in [-0.1, -0.05) is 18.2 Å². The van der Waals surface area contributed by atoms with Gasteiger partial charge in [-0.05, 0) is 48.7 Å². The fourth-order valence-corrected chi connectivity index (χ4v) is 3.33. The SMILES string of the molecule is CC(c1ccc(-n2cncn2)cc1)N(C)C(=O)NCCc1ccc2c(c1)OCCO2. The summed E-state index contributed by atoms with van der Waals surface area (Å²) in [6.07, 6.45) is 3.87. The van der Waals surface area contributed by atoms with Crippen molar-refractivity contribution in [3.63, 3.8) is 0 Å². The number of aromatic nitrogens is 3. The van der Waals surface area contributed by atoms with Gasteiger partial charge in [-0.2, -0.15) is 5.10 Å². The molecule has 2 aromatic carbocycles. The Bertz CT molecular complexity index is 989. The van der Waals surface area contributed by atoms with Gasteiger partial charge in [0.05, 0.1) is 11.7 Å². The predicted molar refractivity (Wildman–Crippen MR) is 112 cm³/mol. The maximum Gasteiger partial charge on any atom is 0.317 e. The van der Waals surface area contributed by atoms with Gasteiger partial charge in [0, 0.05) is 13.6 Å². The molecule has 1 unspecified atom stereocenters. The second kappa shape index (κ2) is 8.86. The molecule has 4 rings (SSSR count). The number of urea groups is 1. The number of fused-ring (bicyclic) bond motifs is 1. The van der Waals surface area contributed by atoms with Crippen LogP contribution in [-0.2, 0) is 6.42 Å². The van der Waals surface area contributed by atoms with Crippen LogP contribution in [0.1, 0.15) is 24.1 Å². The second-order valence-electron chi connectivity index (χ2n) is 7.18. The van der Waals surface area contributed by atoms with E-state index in [1.54, 1.807) is 23.0 Å². The van der Waals surface area contributed by atoms with Gasteiger partial charge in [0.15, 0.2) is 11.5 Å². The second-order valence-corrected chi connectivity index (χ2v) is 7.18. The minimum absolute atomic E-state index is 0.0657. The van der Waals surface area contributed by atoms with Gasteiger partial charge >= 0.3 is 6.03 Å². The maximum absolute atomic E-state index is 12.6.